The Kier molecular flexibility index (Phi) is 9.13. The highest BCUT2D eigenvalue weighted by molar-refractivity contribution is 6.03. The molecule has 0 aliphatic heterocycles. The van der Waals surface area contributed by atoms with Gasteiger partial charge in [-0.15, -0.1) is 0 Å². The monoisotopic (exact) mass is 736 g/mol. The predicted octanol–water partition coefficient (Wildman–Crippen LogP) is 10.2. The molecule has 54 heavy (non-hydrogen) atoms. The largest absolute Gasteiger partial charge is 0.478 e. The summed E-state index contributed by atoms with van der Waals surface area (Å²) in [6.45, 7) is 16.8. The van der Waals surface area contributed by atoms with Gasteiger partial charge in [-0.2, -0.15) is 0 Å². The summed E-state index contributed by atoms with van der Waals surface area (Å²) in [5, 5.41) is 19.3. The Morgan fingerprint density at radius 3 is 1.85 bits per heavy atom. The Bertz CT molecular complexity index is 1970. The molecule has 2 aromatic carbocycles. The summed E-state index contributed by atoms with van der Waals surface area (Å²) in [7, 11) is 0. The third kappa shape index (κ3) is 5.76. The van der Waals surface area contributed by atoms with Crippen molar-refractivity contribution < 1.29 is 38.9 Å². The van der Waals surface area contributed by atoms with Crippen molar-refractivity contribution in [1.29, 1.82) is 0 Å². The van der Waals surface area contributed by atoms with E-state index >= 15 is 0 Å². The number of rotatable bonds is 7. The SMILES string of the molecule is CC1(C)[C@@H](OC(=O)c2ccccc2C(=O)O)CC[C@]2(C)C3=CC=C4[C@@H]5C[C@@](C)(COC(=O)c6ccccc6C(=O)O)CC[C@]5(C)CC[C@@]4(C)[C@]3(C)CC[C@@H]12. The Morgan fingerprint density at radius 1 is 0.667 bits per heavy atom. The molecule has 4 saturated carbocycles. The van der Waals surface area contributed by atoms with E-state index in [0.29, 0.717) is 12.3 Å². The van der Waals surface area contributed by atoms with E-state index in [2.05, 4.69) is 60.6 Å². The first-order valence-corrected chi connectivity index (χ1v) is 19.8. The number of carboxylic acid groups (broad SMARTS) is 2. The fourth-order valence-corrected chi connectivity index (χ4v) is 12.2. The van der Waals surface area contributed by atoms with Gasteiger partial charge in [0.05, 0.1) is 28.9 Å². The van der Waals surface area contributed by atoms with Gasteiger partial charge in [-0.3, -0.25) is 0 Å². The molecule has 5 aliphatic carbocycles. The lowest BCUT2D eigenvalue weighted by molar-refractivity contribution is -0.129. The second-order valence-electron chi connectivity index (χ2n) is 19.1. The van der Waals surface area contributed by atoms with Crippen LogP contribution >= 0.6 is 0 Å². The quantitative estimate of drug-likeness (QED) is 0.269. The van der Waals surface area contributed by atoms with Gasteiger partial charge in [0.15, 0.2) is 0 Å². The van der Waals surface area contributed by atoms with Crippen molar-refractivity contribution in [3.63, 3.8) is 0 Å². The minimum absolute atomic E-state index is 0.0398. The highest BCUT2D eigenvalue weighted by atomic mass is 16.5. The molecule has 288 valence electrons. The van der Waals surface area contributed by atoms with Gasteiger partial charge in [-0.25, -0.2) is 19.2 Å². The Hall–Kier alpha value is -4.20. The third-order valence-electron chi connectivity index (χ3n) is 15.8. The van der Waals surface area contributed by atoms with Crippen LogP contribution in [-0.2, 0) is 9.47 Å². The molecule has 0 amide bonds. The first-order chi connectivity index (χ1) is 25.3. The summed E-state index contributed by atoms with van der Waals surface area (Å²) in [5.41, 5.74) is 2.53. The van der Waals surface area contributed by atoms with Crippen molar-refractivity contribution in [2.45, 2.75) is 112 Å². The van der Waals surface area contributed by atoms with E-state index in [9.17, 15) is 29.4 Å². The van der Waals surface area contributed by atoms with Gasteiger partial charge in [-0.05, 0) is 116 Å². The van der Waals surface area contributed by atoms with E-state index in [-0.39, 0.29) is 73.4 Å². The van der Waals surface area contributed by atoms with Crippen LogP contribution in [-0.4, -0.2) is 46.8 Å². The summed E-state index contributed by atoms with van der Waals surface area (Å²) in [5.74, 6) is -2.83. The molecule has 0 spiro atoms. The Balaban J connectivity index is 1.14. The van der Waals surface area contributed by atoms with Crippen LogP contribution in [0.1, 0.15) is 148 Å². The van der Waals surface area contributed by atoms with E-state index in [1.165, 1.54) is 35.4 Å². The van der Waals surface area contributed by atoms with Crippen molar-refractivity contribution >= 4 is 23.9 Å². The number of carbonyl (C=O) groups excluding carboxylic acids is 2. The van der Waals surface area contributed by atoms with Gasteiger partial charge in [0, 0.05) is 10.8 Å². The van der Waals surface area contributed by atoms with Crippen LogP contribution in [0.5, 0.6) is 0 Å². The molecule has 7 rings (SSSR count). The van der Waals surface area contributed by atoms with Gasteiger partial charge in [0.1, 0.15) is 6.10 Å². The van der Waals surface area contributed by atoms with E-state index in [1.807, 2.05) is 0 Å². The number of benzene rings is 2. The summed E-state index contributed by atoms with van der Waals surface area (Å²) in [4.78, 5) is 50.3. The van der Waals surface area contributed by atoms with E-state index in [4.69, 9.17) is 9.47 Å². The van der Waals surface area contributed by atoms with Crippen molar-refractivity contribution in [2.24, 2.45) is 44.3 Å². The number of esters is 2. The van der Waals surface area contributed by atoms with Gasteiger partial charge >= 0.3 is 23.9 Å². The number of carboxylic acids is 2. The first kappa shape index (κ1) is 38.1. The molecular formula is C46H56O8. The lowest BCUT2D eigenvalue weighted by Gasteiger charge is -2.68. The molecule has 8 atom stereocenters. The van der Waals surface area contributed by atoms with Crippen molar-refractivity contribution in [3.8, 4) is 0 Å². The number of allylic oxidation sites excluding steroid dienone is 4. The second-order valence-corrected chi connectivity index (χ2v) is 19.1. The molecule has 2 aromatic rings. The molecule has 2 N–H and O–H groups in total. The van der Waals surface area contributed by atoms with Crippen LogP contribution in [0.4, 0.5) is 0 Å². The summed E-state index contributed by atoms with van der Waals surface area (Å²) in [6.07, 6.45) is 13.3. The van der Waals surface area contributed by atoms with Gasteiger partial charge in [0.2, 0.25) is 0 Å². The molecule has 8 nitrogen and oxygen atoms in total. The van der Waals surface area contributed by atoms with E-state index in [1.54, 1.807) is 24.3 Å². The summed E-state index contributed by atoms with van der Waals surface area (Å²) >= 11 is 0. The highest BCUT2D eigenvalue weighted by Crippen LogP contribution is 2.74. The molecule has 0 saturated heterocycles. The van der Waals surface area contributed by atoms with Gasteiger partial charge in [0.25, 0.3) is 0 Å². The molecule has 0 radical (unpaired) electrons. The van der Waals surface area contributed by atoms with Crippen LogP contribution < -0.4 is 0 Å². The van der Waals surface area contributed by atoms with Crippen LogP contribution in [0.25, 0.3) is 0 Å². The van der Waals surface area contributed by atoms with Crippen LogP contribution in [0.15, 0.2) is 71.8 Å². The number of fused-ring (bicyclic) bond motifs is 7. The fourth-order valence-electron chi connectivity index (χ4n) is 12.2. The number of aromatic carboxylic acids is 2. The zero-order valence-corrected chi connectivity index (χ0v) is 32.9. The second kappa shape index (κ2) is 12.9. The number of hydrogen-bond donors (Lipinski definition) is 2. The van der Waals surface area contributed by atoms with Gasteiger partial charge < -0.3 is 19.7 Å². The number of hydrogen-bond acceptors (Lipinski definition) is 6. The third-order valence-corrected chi connectivity index (χ3v) is 15.8. The standard InChI is InChI=1S/C46H56O8/c1-41(2)34-18-21-46(7)35(44(34,5)20-19-36(41)54-40(52)31-15-11-9-13-29(31)38(49)50)17-16-32-33-26-42(3,22-23-43(33,4)24-25-45(32,46)6)27-53-39(51)30-14-10-8-12-28(30)37(47)48/h8-17,33-34,36H,18-27H2,1-7H3,(H,47,48)(H,49,50)/t33-,34-,36-,42-,43+,44-,45+,46+/m0/s1. The first-order valence-electron chi connectivity index (χ1n) is 19.8. The minimum atomic E-state index is -1.14. The molecular weight excluding hydrogens is 680 g/mol. The smallest absolute Gasteiger partial charge is 0.339 e. The average Bonchev–Trinajstić information content (AvgIpc) is 3.13. The van der Waals surface area contributed by atoms with Crippen LogP contribution in [0.3, 0.4) is 0 Å². The highest BCUT2D eigenvalue weighted by Gasteiger charge is 2.66. The number of carbonyl (C=O) groups is 4. The maximum absolute atomic E-state index is 13.5. The summed E-state index contributed by atoms with van der Waals surface area (Å²) < 4.78 is 12.1. The average molecular weight is 737 g/mol. The van der Waals surface area contributed by atoms with E-state index in [0.717, 1.165) is 51.4 Å². The minimum Gasteiger partial charge on any atom is -0.478 e. The maximum Gasteiger partial charge on any atom is 0.339 e. The normalized spacial score (nSPS) is 36.5. The Morgan fingerprint density at radius 2 is 1.24 bits per heavy atom. The molecule has 0 aromatic heterocycles. The van der Waals surface area contributed by atoms with Crippen LogP contribution in [0, 0.1) is 44.3 Å². The summed E-state index contributed by atoms with van der Waals surface area (Å²) in [6, 6.07) is 12.5. The molecule has 0 heterocycles. The molecule has 0 unspecified atom stereocenters. The van der Waals surface area contributed by atoms with Gasteiger partial charge in [-0.1, -0.05) is 96.0 Å². The van der Waals surface area contributed by atoms with E-state index < -0.39 is 23.9 Å². The fraction of sp³-hybridized carbons (Fsp3) is 0.565. The molecule has 5 aliphatic rings. The Labute approximate surface area is 319 Å². The topological polar surface area (TPSA) is 127 Å². The zero-order valence-electron chi connectivity index (χ0n) is 32.9. The van der Waals surface area contributed by atoms with Crippen molar-refractivity contribution in [1.82, 2.24) is 0 Å². The molecule has 0 bridgehead atoms. The van der Waals surface area contributed by atoms with Crippen LogP contribution in [0.2, 0.25) is 0 Å². The molecule has 8 heteroatoms. The van der Waals surface area contributed by atoms with Crippen molar-refractivity contribution in [2.75, 3.05) is 6.61 Å². The zero-order chi connectivity index (χ0) is 39.1. The maximum atomic E-state index is 13.5. The number of ether oxygens (including phenoxy) is 2. The predicted molar refractivity (Wildman–Crippen MR) is 205 cm³/mol. The molecule has 4 fully saturated rings. The lowest BCUT2D eigenvalue weighted by atomic mass is 9.36. The van der Waals surface area contributed by atoms with Crippen molar-refractivity contribution in [3.05, 3.63) is 94.1 Å². The lowest BCUT2D eigenvalue weighted by Crippen LogP contribution is -2.61.